The normalized spacial score (nSPS) is 23.1. The predicted octanol–water partition coefficient (Wildman–Crippen LogP) is 3.19. The highest BCUT2D eigenvalue weighted by atomic mass is 19.4. The molecule has 2 aliphatic heterocycles. The average Bonchev–Trinajstić information content (AvgIpc) is 3.23. The first-order chi connectivity index (χ1) is 17.8. The van der Waals surface area contributed by atoms with Gasteiger partial charge < -0.3 is 15.5 Å². The molecule has 3 aliphatic rings. The third-order valence-electron chi connectivity index (χ3n) is 7.31. The van der Waals surface area contributed by atoms with Crippen molar-refractivity contribution in [2.24, 2.45) is 0 Å². The van der Waals surface area contributed by atoms with Gasteiger partial charge in [0.15, 0.2) is 11.6 Å². The van der Waals surface area contributed by atoms with Gasteiger partial charge in [0.2, 0.25) is 11.9 Å². The minimum absolute atomic E-state index is 0.191. The maximum absolute atomic E-state index is 13.3. The molecule has 37 heavy (non-hydrogen) atoms. The van der Waals surface area contributed by atoms with E-state index in [-0.39, 0.29) is 18.5 Å². The van der Waals surface area contributed by atoms with E-state index in [2.05, 4.69) is 25.9 Å². The van der Waals surface area contributed by atoms with Crippen molar-refractivity contribution in [2.45, 2.75) is 62.7 Å². The van der Waals surface area contributed by atoms with Gasteiger partial charge in [-0.15, -0.1) is 5.10 Å². The van der Waals surface area contributed by atoms with Gasteiger partial charge in [0.05, 0.1) is 6.54 Å². The zero-order chi connectivity index (χ0) is 25.6. The Kier molecular flexibility index (Phi) is 6.17. The highest BCUT2D eigenvalue weighted by molar-refractivity contribution is 5.86. The number of aromatic amines is 1. The average molecular weight is 518 g/mol. The van der Waals surface area contributed by atoms with E-state index in [0.717, 1.165) is 17.6 Å². The molecule has 1 amide bonds. The fourth-order valence-corrected chi connectivity index (χ4v) is 5.41. The molecule has 3 N–H and O–H groups in total. The van der Waals surface area contributed by atoms with Crippen molar-refractivity contribution in [1.82, 2.24) is 35.0 Å². The molecule has 3 aromatic rings. The van der Waals surface area contributed by atoms with Crippen molar-refractivity contribution < 1.29 is 18.0 Å². The maximum Gasteiger partial charge on any atom is 0.401 e. The molecule has 1 aliphatic carbocycles. The fraction of sp³-hybridized carbons (Fsp3) is 0.583. The lowest BCUT2D eigenvalue weighted by Crippen LogP contribution is -2.53. The molecule has 1 saturated carbocycles. The first-order valence-corrected chi connectivity index (χ1v) is 12.9. The molecule has 3 aromatic heterocycles. The number of nitrogens with one attached hydrogen (secondary N) is 3. The topological polar surface area (TPSA) is 106 Å². The Balaban J connectivity index is 1.18. The van der Waals surface area contributed by atoms with Crippen molar-refractivity contribution >= 4 is 29.0 Å². The molecule has 10 nitrogen and oxygen atoms in total. The van der Waals surface area contributed by atoms with Gasteiger partial charge in [-0.3, -0.25) is 14.8 Å². The molecule has 0 unspecified atom stereocenters. The summed E-state index contributed by atoms with van der Waals surface area (Å²) in [6.07, 6.45) is 2.63. The van der Waals surface area contributed by atoms with Crippen LogP contribution in [0.3, 0.4) is 0 Å². The van der Waals surface area contributed by atoms with Crippen LogP contribution in [0.15, 0.2) is 24.4 Å². The number of fused-ring (bicyclic) bond motifs is 1. The maximum atomic E-state index is 13.3. The predicted molar refractivity (Wildman–Crippen MR) is 131 cm³/mol. The number of amides is 1. The highest BCUT2D eigenvalue weighted by Gasteiger charge is 2.37. The van der Waals surface area contributed by atoms with Crippen LogP contribution < -0.4 is 15.5 Å². The van der Waals surface area contributed by atoms with Gasteiger partial charge >= 0.3 is 6.18 Å². The number of halogens is 3. The Morgan fingerprint density at radius 3 is 2.81 bits per heavy atom. The number of rotatable bonds is 7. The number of anilines is 3. The molecule has 0 aromatic carbocycles. The first kappa shape index (κ1) is 24.0. The largest absolute Gasteiger partial charge is 0.401 e. The summed E-state index contributed by atoms with van der Waals surface area (Å²) in [6.45, 7) is 0.251. The van der Waals surface area contributed by atoms with Crippen LogP contribution in [0.5, 0.6) is 0 Å². The second-order valence-corrected chi connectivity index (χ2v) is 10.3. The second-order valence-electron chi connectivity index (χ2n) is 10.3. The van der Waals surface area contributed by atoms with Gasteiger partial charge in [0.25, 0.3) is 0 Å². The summed E-state index contributed by atoms with van der Waals surface area (Å²) in [7, 11) is 0. The minimum Gasteiger partial charge on any atom is -0.350 e. The van der Waals surface area contributed by atoms with Crippen LogP contribution in [0.1, 0.15) is 50.1 Å². The number of hydrogen-bond acceptors (Lipinski definition) is 7. The number of likely N-dealkylation sites (tertiary alicyclic amines) is 1. The number of alkyl halides is 3. The van der Waals surface area contributed by atoms with E-state index in [1.807, 2.05) is 29.3 Å². The fourth-order valence-electron chi connectivity index (χ4n) is 5.41. The molecular formula is C24H30F3N9O. The summed E-state index contributed by atoms with van der Waals surface area (Å²) in [5.41, 5.74) is 1.89. The molecular weight excluding hydrogens is 487 g/mol. The van der Waals surface area contributed by atoms with Crippen LogP contribution in [0, 0.1) is 0 Å². The number of carbonyl (C=O) groups excluding carboxylic acids is 1. The van der Waals surface area contributed by atoms with E-state index in [4.69, 9.17) is 4.98 Å². The van der Waals surface area contributed by atoms with Gasteiger partial charge in [0.1, 0.15) is 11.6 Å². The van der Waals surface area contributed by atoms with Crippen molar-refractivity contribution in [1.29, 1.82) is 0 Å². The summed E-state index contributed by atoms with van der Waals surface area (Å²) in [4.78, 5) is 21.3. The van der Waals surface area contributed by atoms with Crippen molar-refractivity contribution in [2.75, 3.05) is 36.4 Å². The van der Waals surface area contributed by atoms with E-state index < -0.39 is 18.8 Å². The second kappa shape index (κ2) is 9.51. The summed E-state index contributed by atoms with van der Waals surface area (Å²) in [6, 6.07) is 4.99. The zero-order valence-electron chi connectivity index (χ0n) is 20.3. The number of H-pyrrole nitrogens is 1. The van der Waals surface area contributed by atoms with Crippen LogP contribution in [0.2, 0.25) is 0 Å². The van der Waals surface area contributed by atoms with Gasteiger partial charge in [-0.05, 0) is 57.2 Å². The Hall–Kier alpha value is -3.35. The quantitative estimate of drug-likeness (QED) is 0.442. The molecule has 198 valence electrons. The van der Waals surface area contributed by atoms with Crippen LogP contribution in [0.4, 0.5) is 30.8 Å². The van der Waals surface area contributed by atoms with Crippen molar-refractivity contribution in [3.05, 3.63) is 30.1 Å². The molecule has 6 rings (SSSR count). The molecule has 2 saturated heterocycles. The van der Waals surface area contributed by atoms with Gasteiger partial charge in [-0.25, -0.2) is 4.52 Å². The Morgan fingerprint density at radius 2 is 2.00 bits per heavy atom. The molecule has 0 spiro atoms. The third-order valence-corrected chi connectivity index (χ3v) is 7.31. The Morgan fingerprint density at radius 1 is 1.16 bits per heavy atom. The number of piperidine rings is 1. The van der Waals surface area contributed by atoms with Crippen LogP contribution in [0.25, 0.3) is 5.52 Å². The van der Waals surface area contributed by atoms with E-state index in [9.17, 15) is 18.0 Å². The Bertz CT molecular complexity index is 1270. The SMILES string of the molecule is O=C(N[C@@H]1CCCN(CC(F)(F)F)C1)[C@@H]1CCCN1c1nc(Nc2cc(C3CC3)[nH]n2)c2cccn2n1. The monoisotopic (exact) mass is 517 g/mol. The van der Waals surface area contributed by atoms with Crippen molar-refractivity contribution in [3.8, 4) is 0 Å². The molecule has 0 radical (unpaired) electrons. The van der Waals surface area contributed by atoms with Gasteiger partial charge in [-0.2, -0.15) is 23.3 Å². The highest BCUT2D eigenvalue weighted by Crippen LogP contribution is 2.39. The summed E-state index contributed by atoms with van der Waals surface area (Å²) in [5.74, 6) is 2.04. The lowest BCUT2D eigenvalue weighted by molar-refractivity contribution is -0.148. The van der Waals surface area contributed by atoms with Gasteiger partial charge in [0, 0.05) is 43.0 Å². The molecule has 2 atom stereocenters. The summed E-state index contributed by atoms with van der Waals surface area (Å²) in [5, 5.41) is 18.4. The molecule has 5 heterocycles. The summed E-state index contributed by atoms with van der Waals surface area (Å²) < 4.78 is 40.3. The van der Waals surface area contributed by atoms with Crippen LogP contribution in [-0.2, 0) is 4.79 Å². The third kappa shape index (κ3) is 5.36. The molecule has 13 heteroatoms. The Labute approximate surface area is 211 Å². The molecule has 3 fully saturated rings. The summed E-state index contributed by atoms with van der Waals surface area (Å²) >= 11 is 0. The number of nitrogens with zero attached hydrogens (tertiary/aromatic N) is 6. The van der Waals surface area contributed by atoms with Gasteiger partial charge in [-0.1, -0.05) is 0 Å². The zero-order valence-corrected chi connectivity index (χ0v) is 20.3. The van der Waals surface area contributed by atoms with Crippen LogP contribution >= 0.6 is 0 Å². The lowest BCUT2D eigenvalue weighted by atomic mass is 10.0. The number of aromatic nitrogens is 5. The van der Waals surface area contributed by atoms with Crippen LogP contribution in [-0.4, -0.2) is 80.0 Å². The van der Waals surface area contributed by atoms with E-state index in [1.54, 1.807) is 4.52 Å². The first-order valence-electron chi connectivity index (χ1n) is 12.9. The van der Waals surface area contributed by atoms with Crippen molar-refractivity contribution in [3.63, 3.8) is 0 Å². The molecule has 0 bridgehead atoms. The number of carbonyl (C=O) groups is 1. The van der Waals surface area contributed by atoms with E-state index in [1.165, 1.54) is 17.7 Å². The van der Waals surface area contributed by atoms with E-state index in [0.29, 0.717) is 55.9 Å². The minimum atomic E-state index is -4.25. The van der Waals surface area contributed by atoms with E-state index >= 15 is 0 Å². The standard InChI is InChI=1S/C24H30F3N9O/c25-24(26,27)14-34-9-1-4-16(13-34)28-22(37)19-6-2-10-35(19)23-30-21(18-5-3-11-36(18)33-23)29-20-12-17(31-32-20)15-7-8-15/h3,5,11-12,15-16,19H,1-2,4,6-10,13-14H2,(H,28,37)(H2,29,30,31,32,33)/t16-,19+/m1/s1. The smallest absolute Gasteiger partial charge is 0.350 e. The number of hydrogen-bond donors (Lipinski definition) is 3. The lowest BCUT2D eigenvalue weighted by Gasteiger charge is -2.34.